The van der Waals surface area contributed by atoms with E-state index in [1.807, 2.05) is 0 Å². The van der Waals surface area contributed by atoms with Crippen LogP contribution in [0.2, 0.25) is 0 Å². The molecule has 1 fully saturated rings. The van der Waals surface area contributed by atoms with Crippen molar-refractivity contribution in [3.05, 3.63) is 35.4 Å². The van der Waals surface area contributed by atoms with Crippen molar-refractivity contribution in [2.24, 2.45) is 0 Å². The summed E-state index contributed by atoms with van der Waals surface area (Å²) in [7, 11) is 0. The second kappa shape index (κ2) is 4.41. The van der Waals surface area contributed by atoms with Gasteiger partial charge in [-0.05, 0) is 37.0 Å². The second-order valence-corrected chi connectivity index (χ2v) is 4.37. The molecule has 1 aliphatic carbocycles. The molecule has 0 heterocycles. The number of hydrogen-bond acceptors (Lipinski definition) is 2. The fraction of sp³-hybridized carbons (Fsp3) is 0.417. The maximum Gasteiger partial charge on any atom is 0.323 e. The van der Waals surface area contributed by atoms with Crippen LogP contribution in [-0.2, 0) is 11.3 Å². The third-order valence-electron chi connectivity index (χ3n) is 3.17. The van der Waals surface area contributed by atoms with Gasteiger partial charge in [0.15, 0.2) is 0 Å². The van der Waals surface area contributed by atoms with Crippen molar-refractivity contribution in [1.29, 1.82) is 0 Å². The normalized spacial score (nSPS) is 17.5. The van der Waals surface area contributed by atoms with Gasteiger partial charge in [0, 0.05) is 12.6 Å². The first-order valence-electron chi connectivity index (χ1n) is 5.45. The largest absolute Gasteiger partial charge is 0.480 e. The summed E-state index contributed by atoms with van der Waals surface area (Å²) in [6, 6.07) is 3.19. The molecule has 92 valence electrons. The molecule has 0 saturated heterocycles. The molecular weight excluding hydrogens is 228 g/mol. The molecule has 2 N–H and O–H groups in total. The van der Waals surface area contributed by atoms with E-state index in [2.05, 4.69) is 5.32 Å². The monoisotopic (exact) mass is 241 g/mol. The Balaban J connectivity index is 2.04. The van der Waals surface area contributed by atoms with Crippen LogP contribution in [0, 0.1) is 11.6 Å². The van der Waals surface area contributed by atoms with Crippen LogP contribution in [0.15, 0.2) is 18.2 Å². The zero-order valence-electron chi connectivity index (χ0n) is 9.17. The summed E-state index contributed by atoms with van der Waals surface area (Å²) in [5, 5.41) is 11.9. The van der Waals surface area contributed by atoms with Gasteiger partial charge in [-0.3, -0.25) is 10.1 Å². The van der Waals surface area contributed by atoms with Gasteiger partial charge in [-0.2, -0.15) is 0 Å². The molecule has 3 nitrogen and oxygen atoms in total. The predicted octanol–water partition coefficient (Wildman–Crippen LogP) is 2.06. The lowest BCUT2D eigenvalue weighted by atomic mass is 9.76. The van der Waals surface area contributed by atoms with Gasteiger partial charge >= 0.3 is 5.97 Å². The van der Waals surface area contributed by atoms with Crippen molar-refractivity contribution in [1.82, 2.24) is 5.32 Å². The highest BCUT2D eigenvalue weighted by molar-refractivity contribution is 5.79. The number of rotatable bonds is 4. The van der Waals surface area contributed by atoms with E-state index < -0.39 is 23.1 Å². The van der Waals surface area contributed by atoms with E-state index >= 15 is 0 Å². The fourth-order valence-corrected chi connectivity index (χ4v) is 1.98. The second-order valence-electron chi connectivity index (χ2n) is 4.37. The van der Waals surface area contributed by atoms with Gasteiger partial charge in [0.1, 0.15) is 17.2 Å². The standard InChI is InChI=1S/C12H13F2NO2/c13-9-4-8(5-10(14)6-9)7-15-12(11(16)17)2-1-3-12/h4-6,15H,1-3,7H2,(H,16,17). The zero-order valence-corrected chi connectivity index (χ0v) is 9.17. The Bertz CT molecular complexity index is 424. The zero-order chi connectivity index (χ0) is 12.5. The molecule has 1 aromatic carbocycles. The Morgan fingerprint density at radius 2 is 1.88 bits per heavy atom. The Kier molecular flexibility index (Phi) is 3.11. The maximum atomic E-state index is 12.9. The van der Waals surface area contributed by atoms with Crippen molar-refractivity contribution in [2.45, 2.75) is 31.3 Å². The minimum atomic E-state index is -0.914. The Morgan fingerprint density at radius 3 is 2.29 bits per heavy atom. The summed E-state index contributed by atoms with van der Waals surface area (Å²) in [6.07, 6.45) is 1.97. The highest BCUT2D eigenvalue weighted by Crippen LogP contribution is 2.32. The van der Waals surface area contributed by atoms with Gasteiger partial charge in [0.2, 0.25) is 0 Å². The first-order chi connectivity index (χ1) is 8.02. The van der Waals surface area contributed by atoms with E-state index in [1.165, 1.54) is 12.1 Å². The molecular formula is C12H13F2NO2. The van der Waals surface area contributed by atoms with Gasteiger partial charge in [0.25, 0.3) is 0 Å². The number of carboxylic acid groups (broad SMARTS) is 1. The lowest BCUT2D eigenvalue weighted by molar-refractivity contribution is -0.148. The van der Waals surface area contributed by atoms with Crippen LogP contribution in [0.25, 0.3) is 0 Å². The van der Waals surface area contributed by atoms with Crippen LogP contribution < -0.4 is 5.32 Å². The average molecular weight is 241 g/mol. The van der Waals surface area contributed by atoms with E-state index in [-0.39, 0.29) is 6.54 Å². The van der Waals surface area contributed by atoms with Crippen LogP contribution >= 0.6 is 0 Å². The molecule has 0 amide bonds. The van der Waals surface area contributed by atoms with E-state index in [9.17, 15) is 13.6 Å². The molecule has 0 spiro atoms. The topological polar surface area (TPSA) is 49.3 Å². The molecule has 1 saturated carbocycles. The van der Waals surface area contributed by atoms with Crippen LogP contribution in [-0.4, -0.2) is 16.6 Å². The fourth-order valence-electron chi connectivity index (χ4n) is 1.98. The molecule has 17 heavy (non-hydrogen) atoms. The first-order valence-corrected chi connectivity index (χ1v) is 5.45. The van der Waals surface area contributed by atoms with E-state index in [4.69, 9.17) is 5.11 Å². The SMILES string of the molecule is O=C(O)C1(NCc2cc(F)cc(F)c2)CCC1. The molecule has 0 atom stereocenters. The lowest BCUT2D eigenvalue weighted by Crippen LogP contribution is -2.56. The first kappa shape index (κ1) is 12.0. The molecule has 1 aromatic rings. The summed E-state index contributed by atoms with van der Waals surface area (Å²) in [6.45, 7) is 0.154. The Labute approximate surface area is 97.5 Å². The number of carbonyl (C=O) groups is 1. The number of halogens is 2. The smallest absolute Gasteiger partial charge is 0.323 e. The third kappa shape index (κ3) is 2.44. The minimum absolute atomic E-state index is 0.154. The summed E-state index contributed by atoms with van der Waals surface area (Å²) in [4.78, 5) is 11.0. The summed E-state index contributed by atoms with van der Waals surface area (Å²) in [5.74, 6) is -2.21. The highest BCUT2D eigenvalue weighted by Gasteiger charge is 2.43. The van der Waals surface area contributed by atoms with Gasteiger partial charge in [-0.15, -0.1) is 0 Å². The van der Waals surface area contributed by atoms with E-state index in [0.717, 1.165) is 12.5 Å². The van der Waals surface area contributed by atoms with Crippen LogP contribution in [0.5, 0.6) is 0 Å². The Hall–Kier alpha value is -1.49. The molecule has 0 unspecified atom stereocenters. The highest BCUT2D eigenvalue weighted by atomic mass is 19.1. The van der Waals surface area contributed by atoms with Crippen molar-refractivity contribution in [2.75, 3.05) is 0 Å². The number of nitrogens with one attached hydrogen (secondary N) is 1. The van der Waals surface area contributed by atoms with Crippen molar-refractivity contribution in [3.63, 3.8) is 0 Å². The molecule has 0 radical (unpaired) electrons. The maximum absolute atomic E-state index is 12.9. The van der Waals surface area contributed by atoms with Crippen molar-refractivity contribution in [3.8, 4) is 0 Å². The summed E-state index contributed by atoms with van der Waals surface area (Å²) in [5.41, 5.74) is -0.502. The number of benzene rings is 1. The minimum Gasteiger partial charge on any atom is -0.480 e. The van der Waals surface area contributed by atoms with E-state index in [1.54, 1.807) is 0 Å². The molecule has 1 aliphatic rings. The lowest BCUT2D eigenvalue weighted by Gasteiger charge is -2.38. The van der Waals surface area contributed by atoms with E-state index in [0.29, 0.717) is 18.4 Å². The predicted molar refractivity (Wildman–Crippen MR) is 57.4 cm³/mol. The van der Waals surface area contributed by atoms with Crippen molar-refractivity contribution < 1.29 is 18.7 Å². The molecule has 5 heteroatoms. The molecule has 0 aliphatic heterocycles. The summed E-state index contributed by atoms with van der Waals surface area (Å²) < 4.78 is 25.8. The molecule has 0 bridgehead atoms. The molecule has 0 aromatic heterocycles. The van der Waals surface area contributed by atoms with Gasteiger partial charge in [-0.1, -0.05) is 0 Å². The molecule has 2 rings (SSSR count). The van der Waals surface area contributed by atoms with Crippen LogP contribution in [0.1, 0.15) is 24.8 Å². The van der Waals surface area contributed by atoms with Gasteiger partial charge < -0.3 is 5.11 Å². The number of hydrogen-bond donors (Lipinski definition) is 2. The van der Waals surface area contributed by atoms with Gasteiger partial charge in [-0.25, -0.2) is 8.78 Å². The van der Waals surface area contributed by atoms with Crippen LogP contribution in [0.3, 0.4) is 0 Å². The number of carboxylic acids is 1. The van der Waals surface area contributed by atoms with Gasteiger partial charge in [0.05, 0.1) is 0 Å². The van der Waals surface area contributed by atoms with Crippen molar-refractivity contribution >= 4 is 5.97 Å². The Morgan fingerprint density at radius 1 is 1.29 bits per heavy atom. The quantitative estimate of drug-likeness (QED) is 0.848. The average Bonchev–Trinajstić information content (AvgIpc) is 2.13. The summed E-state index contributed by atoms with van der Waals surface area (Å²) >= 11 is 0. The third-order valence-corrected chi connectivity index (χ3v) is 3.17. The number of aliphatic carboxylic acids is 1. The van der Waals surface area contributed by atoms with Crippen LogP contribution in [0.4, 0.5) is 8.78 Å².